The smallest absolute Gasteiger partial charge is 0.328 e. The molecule has 0 spiro atoms. The predicted octanol–water partition coefficient (Wildman–Crippen LogP) is 3.03. The molecule has 0 saturated carbocycles. The molecule has 168 valence electrons. The van der Waals surface area contributed by atoms with Gasteiger partial charge in [0, 0.05) is 25.8 Å². The van der Waals surface area contributed by atoms with Crippen molar-refractivity contribution >= 4 is 28.4 Å². The van der Waals surface area contributed by atoms with Gasteiger partial charge >= 0.3 is 6.03 Å². The van der Waals surface area contributed by atoms with E-state index in [1.54, 1.807) is 11.9 Å². The average molecular weight is 442 g/mol. The second-order valence-corrected chi connectivity index (χ2v) is 9.01. The van der Waals surface area contributed by atoms with Crippen LogP contribution in [0.4, 0.5) is 10.5 Å². The second-order valence-electron chi connectivity index (χ2n) is 9.01. The van der Waals surface area contributed by atoms with Gasteiger partial charge in [-0.15, -0.1) is 0 Å². The maximum atomic E-state index is 13.8. The summed E-state index contributed by atoms with van der Waals surface area (Å²) in [7, 11) is 1.79. The van der Waals surface area contributed by atoms with Crippen molar-refractivity contribution in [2.24, 2.45) is 0 Å². The normalized spacial score (nSPS) is 25.5. The Morgan fingerprint density at radius 2 is 1.67 bits per heavy atom. The fourth-order valence-corrected chi connectivity index (χ4v) is 5.55. The summed E-state index contributed by atoms with van der Waals surface area (Å²) < 4.78 is 0. The molecule has 6 rings (SSSR count). The van der Waals surface area contributed by atoms with E-state index in [0.717, 1.165) is 41.5 Å². The van der Waals surface area contributed by atoms with Crippen molar-refractivity contribution in [1.82, 2.24) is 20.0 Å². The van der Waals surface area contributed by atoms with Crippen LogP contribution in [0.15, 0.2) is 72.8 Å². The molecule has 3 saturated heterocycles. The van der Waals surface area contributed by atoms with Crippen LogP contribution in [0.1, 0.15) is 12.0 Å². The molecule has 3 aromatic carbocycles. The van der Waals surface area contributed by atoms with Gasteiger partial charge in [0.25, 0.3) is 5.91 Å². The van der Waals surface area contributed by atoms with E-state index >= 15 is 0 Å². The van der Waals surface area contributed by atoms with Crippen molar-refractivity contribution in [2.45, 2.75) is 31.5 Å². The predicted molar refractivity (Wildman–Crippen MR) is 127 cm³/mol. The Balaban J connectivity index is 1.32. The first-order valence-corrected chi connectivity index (χ1v) is 11.5. The molecule has 3 amide bonds. The number of likely N-dealkylation sites (N-methyl/N-ethyl adjacent to an activating group) is 1. The number of imide groups is 1. The SMILES string of the molecule is CN1C(=O)N(Cc2cccc3ccccc23)C(=O)C2C1NC1N(c3ccccc3)CCCN21. The summed E-state index contributed by atoms with van der Waals surface area (Å²) >= 11 is 0. The molecule has 3 aliphatic rings. The Hall–Kier alpha value is -3.42. The summed E-state index contributed by atoms with van der Waals surface area (Å²) in [4.78, 5) is 34.8. The summed E-state index contributed by atoms with van der Waals surface area (Å²) in [6, 6.07) is 23.7. The fourth-order valence-electron chi connectivity index (χ4n) is 5.55. The molecule has 1 N–H and O–H groups in total. The first kappa shape index (κ1) is 20.2. The van der Waals surface area contributed by atoms with E-state index in [0.29, 0.717) is 0 Å². The molecular formula is C26H27N5O2. The van der Waals surface area contributed by atoms with Crippen molar-refractivity contribution in [2.75, 3.05) is 25.0 Å². The number of hydrogen-bond acceptors (Lipinski definition) is 5. The zero-order valence-electron chi connectivity index (χ0n) is 18.6. The Morgan fingerprint density at radius 3 is 2.52 bits per heavy atom. The van der Waals surface area contributed by atoms with E-state index in [1.165, 1.54) is 4.90 Å². The van der Waals surface area contributed by atoms with E-state index in [-0.39, 0.29) is 30.9 Å². The van der Waals surface area contributed by atoms with Crippen molar-refractivity contribution in [1.29, 1.82) is 0 Å². The molecule has 3 heterocycles. The third-order valence-corrected chi connectivity index (χ3v) is 7.17. The number of urea groups is 1. The van der Waals surface area contributed by atoms with Gasteiger partial charge in [-0.2, -0.15) is 0 Å². The number of benzene rings is 3. The number of anilines is 1. The summed E-state index contributed by atoms with van der Waals surface area (Å²) in [5.74, 6) is -0.124. The van der Waals surface area contributed by atoms with Crippen molar-refractivity contribution in [3.8, 4) is 0 Å². The number of para-hydroxylation sites is 1. The topological polar surface area (TPSA) is 59.1 Å². The number of nitrogens with one attached hydrogen (secondary N) is 1. The summed E-state index contributed by atoms with van der Waals surface area (Å²) in [6.45, 7) is 1.99. The quantitative estimate of drug-likeness (QED) is 0.677. The van der Waals surface area contributed by atoms with Gasteiger partial charge < -0.3 is 9.80 Å². The second kappa shape index (κ2) is 7.86. The highest BCUT2D eigenvalue weighted by Crippen LogP contribution is 2.34. The van der Waals surface area contributed by atoms with Crippen LogP contribution < -0.4 is 10.2 Å². The van der Waals surface area contributed by atoms with E-state index < -0.39 is 6.04 Å². The highest BCUT2D eigenvalue weighted by atomic mass is 16.2. The van der Waals surface area contributed by atoms with Gasteiger partial charge in [0.2, 0.25) is 0 Å². The molecule has 3 aromatic rings. The molecule has 3 fully saturated rings. The molecule has 3 aliphatic heterocycles. The van der Waals surface area contributed by atoms with Crippen LogP contribution in [-0.2, 0) is 11.3 Å². The third-order valence-electron chi connectivity index (χ3n) is 7.17. The molecule has 0 aliphatic carbocycles. The Kier molecular flexibility index (Phi) is 4.81. The number of rotatable bonds is 3. The van der Waals surface area contributed by atoms with Gasteiger partial charge in [-0.1, -0.05) is 60.7 Å². The van der Waals surface area contributed by atoms with E-state index in [4.69, 9.17) is 0 Å². The van der Waals surface area contributed by atoms with Crippen LogP contribution >= 0.6 is 0 Å². The number of hydrogen-bond donors (Lipinski definition) is 1. The lowest BCUT2D eigenvalue weighted by Gasteiger charge is -2.44. The molecule has 3 atom stereocenters. The lowest BCUT2D eigenvalue weighted by atomic mass is 10.0. The van der Waals surface area contributed by atoms with E-state index in [2.05, 4.69) is 39.4 Å². The molecule has 0 aromatic heterocycles. The van der Waals surface area contributed by atoms with Crippen molar-refractivity contribution < 1.29 is 9.59 Å². The van der Waals surface area contributed by atoms with Gasteiger partial charge in [0.15, 0.2) is 0 Å². The van der Waals surface area contributed by atoms with Crippen LogP contribution in [0, 0.1) is 0 Å². The fraction of sp³-hybridized carbons (Fsp3) is 0.308. The highest BCUT2D eigenvalue weighted by Gasteiger charge is 2.56. The molecule has 7 nitrogen and oxygen atoms in total. The van der Waals surface area contributed by atoms with Crippen LogP contribution in [0.25, 0.3) is 10.8 Å². The molecule has 0 bridgehead atoms. The highest BCUT2D eigenvalue weighted by molar-refractivity contribution is 6.01. The van der Waals surface area contributed by atoms with Crippen LogP contribution in [0.5, 0.6) is 0 Å². The maximum absolute atomic E-state index is 13.8. The first-order valence-electron chi connectivity index (χ1n) is 11.5. The average Bonchev–Trinajstić information content (AvgIpc) is 3.26. The zero-order valence-corrected chi connectivity index (χ0v) is 18.6. The van der Waals surface area contributed by atoms with Gasteiger partial charge in [-0.3, -0.25) is 19.9 Å². The van der Waals surface area contributed by atoms with Crippen LogP contribution in [0.3, 0.4) is 0 Å². The summed E-state index contributed by atoms with van der Waals surface area (Å²) in [5, 5.41) is 5.75. The maximum Gasteiger partial charge on any atom is 0.328 e. The summed E-state index contributed by atoms with van der Waals surface area (Å²) in [5.41, 5.74) is 2.10. The number of fused-ring (bicyclic) bond motifs is 4. The minimum absolute atomic E-state index is 0.118. The van der Waals surface area contributed by atoms with Crippen molar-refractivity contribution in [3.63, 3.8) is 0 Å². The van der Waals surface area contributed by atoms with Crippen LogP contribution in [-0.4, -0.2) is 65.3 Å². The zero-order chi connectivity index (χ0) is 22.5. The Labute approximate surface area is 193 Å². The monoisotopic (exact) mass is 441 g/mol. The first-order chi connectivity index (χ1) is 16.1. The molecule has 3 unspecified atom stereocenters. The molecule has 0 radical (unpaired) electrons. The van der Waals surface area contributed by atoms with Gasteiger partial charge in [-0.25, -0.2) is 4.79 Å². The number of amides is 3. The van der Waals surface area contributed by atoms with E-state index in [1.807, 2.05) is 48.5 Å². The molecular weight excluding hydrogens is 414 g/mol. The number of nitrogens with zero attached hydrogens (tertiary/aromatic N) is 4. The largest absolute Gasteiger partial charge is 0.343 e. The van der Waals surface area contributed by atoms with Gasteiger partial charge in [0.05, 0.1) is 6.54 Å². The minimum Gasteiger partial charge on any atom is -0.343 e. The van der Waals surface area contributed by atoms with Crippen LogP contribution in [0.2, 0.25) is 0 Å². The Morgan fingerprint density at radius 1 is 0.909 bits per heavy atom. The lowest BCUT2D eigenvalue weighted by Crippen LogP contribution is -2.66. The molecule has 33 heavy (non-hydrogen) atoms. The van der Waals surface area contributed by atoms with Gasteiger partial charge in [0.1, 0.15) is 18.5 Å². The number of carbonyl (C=O) groups excluding carboxylic acids is 2. The van der Waals surface area contributed by atoms with E-state index in [9.17, 15) is 9.59 Å². The Bertz CT molecular complexity index is 1210. The minimum atomic E-state index is -0.404. The number of carbonyl (C=O) groups is 2. The third kappa shape index (κ3) is 3.19. The standard InChI is InChI=1S/C26H27N5O2/c1-28-23-22(30-16-8-15-29(25(30)27-23)20-12-3-2-4-13-20)24(32)31(26(28)33)17-19-11-7-10-18-9-5-6-14-21(18)19/h2-7,9-14,22-23,25,27H,8,15-17H2,1H3. The van der Waals surface area contributed by atoms with Crippen molar-refractivity contribution in [3.05, 3.63) is 78.4 Å². The van der Waals surface area contributed by atoms with Gasteiger partial charge in [-0.05, 0) is 34.9 Å². The summed E-state index contributed by atoms with van der Waals surface area (Å²) in [6.07, 6.45) is 0.501. The lowest BCUT2D eigenvalue weighted by molar-refractivity contribution is -0.139. The molecule has 7 heteroatoms.